The molecule has 2 aromatic rings. The van der Waals surface area contributed by atoms with Crippen LogP contribution < -0.4 is 4.74 Å². The van der Waals surface area contributed by atoms with Gasteiger partial charge in [0.1, 0.15) is 11.4 Å². The Morgan fingerprint density at radius 2 is 1.81 bits per heavy atom. The highest BCUT2D eigenvalue weighted by molar-refractivity contribution is 5.92. The number of para-hydroxylation sites is 1. The van der Waals surface area contributed by atoms with Crippen LogP contribution in [0.3, 0.4) is 0 Å². The second-order valence-electron chi connectivity index (χ2n) is 8.41. The second-order valence-corrected chi connectivity index (χ2v) is 8.41. The molecule has 1 aromatic heterocycles. The van der Waals surface area contributed by atoms with Gasteiger partial charge in [0.2, 0.25) is 0 Å². The highest BCUT2D eigenvalue weighted by Crippen LogP contribution is 2.31. The highest BCUT2D eigenvalue weighted by atomic mass is 16.5. The molecule has 0 radical (unpaired) electrons. The zero-order chi connectivity index (χ0) is 21.6. The third kappa shape index (κ3) is 4.92. The average molecular weight is 425 g/mol. The van der Waals surface area contributed by atoms with Gasteiger partial charge in [-0.3, -0.25) is 14.3 Å². The van der Waals surface area contributed by atoms with E-state index in [1.54, 1.807) is 16.9 Å². The topological polar surface area (TPSA) is 67.7 Å². The molecule has 1 aromatic carbocycles. The first-order chi connectivity index (χ1) is 15.2. The summed E-state index contributed by atoms with van der Waals surface area (Å²) in [6.45, 7) is 5.03. The minimum absolute atomic E-state index is 0.0608. The molecule has 0 aliphatic carbocycles. The summed E-state index contributed by atoms with van der Waals surface area (Å²) in [5, 5.41) is 4.22. The van der Waals surface area contributed by atoms with Gasteiger partial charge in [-0.2, -0.15) is 5.10 Å². The van der Waals surface area contributed by atoms with Gasteiger partial charge in [-0.1, -0.05) is 18.2 Å². The monoisotopic (exact) mass is 424 g/mol. The molecule has 2 fully saturated rings. The number of benzene rings is 1. The Bertz CT molecular complexity index is 874. The molecule has 166 valence electrons. The van der Waals surface area contributed by atoms with Crippen molar-refractivity contribution in [3.8, 4) is 5.75 Å². The van der Waals surface area contributed by atoms with E-state index in [4.69, 9.17) is 4.74 Å². The number of hydrogen-bond acceptors (Lipinski definition) is 4. The summed E-state index contributed by atoms with van der Waals surface area (Å²) in [6.07, 6.45) is 6.79. The van der Waals surface area contributed by atoms with Crippen molar-refractivity contribution in [1.82, 2.24) is 19.6 Å². The number of aromatic nitrogens is 2. The predicted molar refractivity (Wildman–Crippen MR) is 118 cm³/mol. The lowest BCUT2D eigenvalue weighted by atomic mass is 9.83. The molecule has 1 atom stereocenters. The molecular weight excluding hydrogens is 392 g/mol. The maximum atomic E-state index is 12.9. The van der Waals surface area contributed by atoms with E-state index in [-0.39, 0.29) is 24.5 Å². The Morgan fingerprint density at radius 3 is 2.55 bits per heavy atom. The van der Waals surface area contributed by atoms with E-state index < -0.39 is 0 Å². The number of carbonyl (C=O) groups is 2. The lowest BCUT2D eigenvalue weighted by Gasteiger charge is -2.43. The van der Waals surface area contributed by atoms with Crippen LogP contribution in [0.4, 0.5) is 0 Å². The molecule has 2 amide bonds. The summed E-state index contributed by atoms with van der Waals surface area (Å²) in [6, 6.07) is 11.5. The maximum absolute atomic E-state index is 12.9. The number of piperidine rings is 2. The summed E-state index contributed by atoms with van der Waals surface area (Å²) >= 11 is 0. The third-order valence-electron chi connectivity index (χ3n) is 6.58. The van der Waals surface area contributed by atoms with Crippen LogP contribution in [0, 0.1) is 5.92 Å². The normalized spacial score (nSPS) is 20.0. The van der Waals surface area contributed by atoms with Crippen LogP contribution in [0.25, 0.3) is 0 Å². The molecule has 0 unspecified atom stereocenters. The standard InChI is InChI=1S/C24H32N4O3/c1-2-28-22(11-14-25-28)24(30)26-16-12-19(13-17-26)21-10-6-7-15-27(21)23(29)18-31-20-8-4-3-5-9-20/h3-5,8-9,11,14,19,21H,2,6-7,10,12-13,15-18H2,1H3/t21-/m0/s1. The van der Waals surface area contributed by atoms with Crippen molar-refractivity contribution in [2.75, 3.05) is 26.2 Å². The molecule has 2 aliphatic heterocycles. The molecule has 3 heterocycles. The Labute approximate surface area is 184 Å². The van der Waals surface area contributed by atoms with Gasteiger partial charge in [-0.15, -0.1) is 0 Å². The summed E-state index contributed by atoms with van der Waals surface area (Å²) in [5.74, 6) is 1.29. The zero-order valence-electron chi connectivity index (χ0n) is 18.3. The van der Waals surface area contributed by atoms with E-state index in [0.29, 0.717) is 18.2 Å². The summed E-state index contributed by atoms with van der Waals surface area (Å²) in [5.41, 5.74) is 0.661. The van der Waals surface area contributed by atoms with Gasteiger partial charge < -0.3 is 14.5 Å². The minimum Gasteiger partial charge on any atom is -0.484 e. The van der Waals surface area contributed by atoms with Gasteiger partial charge in [0.15, 0.2) is 6.61 Å². The van der Waals surface area contributed by atoms with E-state index in [2.05, 4.69) is 5.10 Å². The Balaban J connectivity index is 1.34. The first-order valence-corrected chi connectivity index (χ1v) is 11.5. The van der Waals surface area contributed by atoms with Crippen LogP contribution >= 0.6 is 0 Å². The number of hydrogen-bond donors (Lipinski definition) is 0. The number of carbonyl (C=O) groups excluding carboxylic acids is 2. The molecule has 0 spiro atoms. The van der Waals surface area contributed by atoms with Crippen LogP contribution in [0.15, 0.2) is 42.6 Å². The first kappa shape index (κ1) is 21.4. The van der Waals surface area contributed by atoms with E-state index in [0.717, 1.165) is 57.5 Å². The zero-order valence-corrected chi connectivity index (χ0v) is 18.3. The van der Waals surface area contributed by atoms with Crippen LogP contribution in [0.2, 0.25) is 0 Å². The lowest BCUT2D eigenvalue weighted by Crippen LogP contribution is -2.52. The summed E-state index contributed by atoms with van der Waals surface area (Å²) in [4.78, 5) is 29.8. The van der Waals surface area contributed by atoms with Crippen molar-refractivity contribution >= 4 is 11.8 Å². The molecule has 31 heavy (non-hydrogen) atoms. The number of rotatable bonds is 6. The molecule has 2 saturated heterocycles. The van der Waals surface area contributed by atoms with Crippen LogP contribution in [0.1, 0.15) is 49.5 Å². The van der Waals surface area contributed by atoms with Crippen molar-refractivity contribution < 1.29 is 14.3 Å². The number of ether oxygens (including phenoxy) is 1. The Hall–Kier alpha value is -2.83. The van der Waals surface area contributed by atoms with Crippen molar-refractivity contribution in [3.63, 3.8) is 0 Å². The second kappa shape index (κ2) is 9.98. The van der Waals surface area contributed by atoms with Gasteiger partial charge in [0.05, 0.1) is 0 Å². The quantitative estimate of drug-likeness (QED) is 0.714. The van der Waals surface area contributed by atoms with Gasteiger partial charge in [-0.25, -0.2) is 0 Å². The maximum Gasteiger partial charge on any atom is 0.272 e. The number of amides is 2. The molecule has 0 N–H and O–H groups in total. The molecule has 7 nitrogen and oxygen atoms in total. The smallest absolute Gasteiger partial charge is 0.272 e. The molecule has 4 rings (SSSR count). The number of likely N-dealkylation sites (tertiary alicyclic amines) is 2. The lowest BCUT2D eigenvalue weighted by molar-refractivity contribution is -0.139. The van der Waals surface area contributed by atoms with Crippen molar-refractivity contribution in [1.29, 1.82) is 0 Å². The summed E-state index contributed by atoms with van der Waals surface area (Å²) in [7, 11) is 0. The molecule has 0 saturated carbocycles. The highest BCUT2D eigenvalue weighted by Gasteiger charge is 2.36. The largest absolute Gasteiger partial charge is 0.484 e. The van der Waals surface area contributed by atoms with E-state index in [9.17, 15) is 9.59 Å². The minimum atomic E-state index is 0.0608. The summed E-state index contributed by atoms with van der Waals surface area (Å²) < 4.78 is 7.47. The molecule has 0 bridgehead atoms. The fraction of sp³-hybridized carbons (Fsp3) is 0.542. The van der Waals surface area contributed by atoms with Gasteiger partial charge in [0, 0.05) is 38.4 Å². The van der Waals surface area contributed by atoms with Crippen LogP contribution in [-0.4, -0.2) is 63.7 Å². The van der Waals surface area contributed by atoms with Gasteiger partial charge >= 0.3 is 0 Å². The van der Waals surface area contributed by atoms with E-state index in [1.807, 2.05) is 47.1 Å². The number of nitrogens with zero attached hydrogens (tertiary/aromatic N) is 4. The molecular formula is C24H32N4O3. The van der Waals surface area contributed by atoms with Gasteiger partial charge in [-0.05, 0) is 63.1 Å². The van der Waals surface area contributed by atoms with E-state index in [1.165, 1.54) is 0 Å². The SMILES string of the molecule is CCn1nccc1C(=O)N1CCC([C@@H]2CCCCN2C(=O)COc2ccccc2)CC1. The Morgan fingerprint density at radius 1 is 1.03 bits per heavy atom. The molecule has 2 aliphatic rings. The third-order valence-corrected chi connectivity index (χ3v) is 6.58. The Kier molecular flexibility index (Phi) is 6.89. The van der Waals surface area contributed by atoms with Gasteiger partial charge in [0.25, 0.3) is 11.8 Å². The van der Waals surface area contributed by atoms with Crippen LogP contribution in [-0.2, 0) is 11.3 Å². The number of aryl methyl sites for hydroxylation is 1. The van der Waals surface area contributed by atoms with Crippen molar-refractivity contribution in [3.05, 3.63) is 48.3 Å². The van der Waals surface area contributed by atoms with Crippen LogP contribution in [0.5, 0.6) is 5.75 Å². The van der Waals surface area contributed by atoms with E-state index >= 15 is 0 Å². The fourth-order valence-corrected chi connectivity index (χ4v) is 4.92. The van der Waals surface area contributed by atoms with Crippen molar-refractivity contribution in [2.24, 2.45) is 5.92 Å². The average Bonchev–Trinajstić information content (AvgIpc) is 3.32. The first-order valence-electron chi connectivity index (χ1n) is 11.5. The van der Waals surface area contributed by atoms with Crippen molar-refractivity contribution in [2.45, 2.75) is 51.6 Å². The fourth-order valence-electron chi connectivity index (χ4n) is 4.92. The molecule has 7 heteroatoms. The predicted octanol–water partition coefficient (Wildman–Crippen LogP) is 3.22.